The topological polar surface area (TPSA) is 67.5 Å². The number of hydrogen-bond donors (Lipinski definition) is 2. The lowest BCUT2D eigenvalue weighted by Crippen LogP contribution is -2.30. The van der Waals surface area contributed by atoms with Gasteiger partial charge in [0.15, 0.2) is 0 Å². The summed E-state index contributed by atoms with van der Waals surface area (Å²) in [5, 5.41) is 18.8. The zero-order valence-electron chi connectivity index (χ0n) is 14.1. The van der Waals surface area contributed by atoms with E-state index in [1.165, 1.54) is 6.33 Å². The number of imidazole rings is 1. The summed E-state index contributed by atoms with van der Waals surface area (Å²) in [5.41, 5.74) is 0. The molecule has 0 unspecified atom stereocenters. The Kier molecular flexibility index (Phi) is 21.0. The number of aliphatic hydroxyl groups excluding tert-OH is 2. The average Bonchev–Trinajstić information content (AvgIpc) is 2.87. The largest absolute Gasteiger partial charge is 0.510 e. The Bertz CT molecular complexity index is 396. The van der Waals surface area contributed by atoms with E-state index in [2.05, 4.69) is 11.6 Å². The number of hydrogen-bond acceptors (Lipinski definition) is 4. The summed E-state index contributed by atoms with van der Waals surface area (Å²) in [6.07, 6.45) is 1.54. The van der Waals surface area contributed by atoms with E-state index < -0.39 is 0 Å². The Labute approximate surface area is 123 Å². The molecule has 5 heteroatoms. The molecular formula is C15H32N2O3. The maximum atomic E-state index is 9.21. The number of rotatable bonds is 4. The molecule has 0 saturated heterocycles. The van der Waals surface area contributed by atoms with E-state index >= 15 is 0 Å². The summed E-state index contributed by atoms with van der Waals surface area (Å²) < 4.78 is 6.74. The van der Waals surface area contributed by atoms with Gasteiger partial charge in [0, 0.05) is 0 Å². The van der Waals surface area contributed by atoms with E-state index in [0.29, 0.717) is 10.7 Å². The van der Waals surface area contributed by atoms with Gasteiger partial charge in [-0.25, -0.2) is 4.98 Å². The van der Waals surface area contributed by atoms with Crippen molar-refractivity contribution in [2.45, 2.75) is 55.2 Å². The van der Waals surface area contributed by atoms with Gasteiger partial charge >= 0.3 is 0 Å². The summed E-state index contributed by atoms with van der Waals surface area (Å²) in [6, 6.07) is 0. The first-order chi connectivity index (χ1) is 9.66. The summed E-state index contributed by atoms with van der Waals surface area (Å²) in [5.74, 6) is 0.135. The Balaban J connectivity index is -0.000000425. The fraction of sp³-hybridized carbons (Fsp3) is 0.667. The Morgan fingerprint density at radius 3 is 2.10 bits per heavy atom. The molecule has 1 rings (SSSR count). The van der Waals surface area contributed by atoms with Gasteiger partial charge in [-0.2, -0.15) is 0 Å². The number of aliphatic hydroxyl groups is 2. The van der Waals surface area contributed by atoms with E-state index in [9.17, 15) is 5.11 Å². The summed E-state index contributed by atoms with van der Waals surface area (Å²) in [6.45, 7) is 17.8. The van der Waals surface area contributed by atoms with Gasteiger partial charge < -0.3 is 19.5 Å². The first-order valence-corrected chi connectivity index (χ1v) is 7.25. The van der Waals surface area contributed by atoms with Gasteiger partial charge in [0.05, 0.1) is 24.9 Å². The molecule has 2 N–H and O–H groups in total. The van der Waals surface area contributed by atoms with Gasteiger partial charge in [0.25, 0.3) is 0 Å². The van der Waals surface area contributed by atoms with Crippen LogP contribution in [0, 0.1) is 0 Å². The van der Waals surface area contributed by atoms with Gasteiger partial charge in [-0.1, -0.05) is 48.1 Å². The minimum Gasteiger partial charge on any atom is -0.510 e. The van der Waals surface area contributed by atoms with Crippen LogP contribution in [-0.2, 0) is 11.5 Å². The maximum Gasteiger partial charge on any atom is 0.125 e. The van der Waals surface area contributed by atoms with Gasteiger partial charge in [0.2, 0.25) is 0 Å². The fourth-order valence-corrected chi connectivity index (χ4v) is 1.05. The highest BCUT2D eigenvalue weighted by Gasteiger charge is 1.97. The van der Waals surface area contributed by atoms with E-state index in [1.807, 2.05) is 41.5 Å². The molecule has 0 atom stereocenters. The van der Waals surface area contributed by atoms with Gasteiger partial charge in [-0.05, 0) is 6.92 Å². The predicted octanol–water partition coefficient (Wildman–Crippen LogP) is 2.02. The van der Waals surface area contributed by atoms with Gasteiger partial charge in [0.1, 0.15) is 17.8 Å². The van der Waals surface area contributed by atoms with Crippen LogP contribution in [0.5, 0.6) is 0 Å². The smallest absolute Gasteiger partial charge is 0.125 e. The highest BCUT2D eigenvalue weighted by atomic mass is 16.5. The van der Waals surface area contributed by atoms with Gasteiger partial charge in [-0.3, -0.25) is 0 Å². The molecule has 0 amide bonds. The van der Waals surface area contributed by atoms with Crippen LogP contribution < -0.4 is 10.7 Å². The van der Waals surface area contributed by atoms with Crippen molar-refractivity contribution >= 4 is 12.3 Å². The second kappa shape index (κ2) is 17.7. The fourth-order valence-electron chi connectivity index (χ4n) is 1.05. The molecule has 0 spiro atoms. The van der Waals surface area contributed by atoms with Crippen LogP contribution in [-0.4, -0.2) is 33.0 Å². The third kappa shape index (κ3) is 9.58. The number of aromatic nitrogens is 2. The third-order valence-corrected chi connectivity index (χ3v) is 1.75. The van der Waals surface area contributed by atoms with Crippen LogP contribution in [0.15, 0.2) is 6.33 Å². The maximum absolute atomic E-state index is 9.21. The van der Waals surface area contributed by atoms with Crippen LogP contribution in [0.25, 0.3) is 12.3 Å². The molecule has 0 aromatic carbocycles. The lowest BCUT2D eigenvalue weighted by Gasteiger charge is -2.02. The molecule has 0 aliphatic rings. The zero-order chi connectivity index (χ0) is 16.6. The minimum absolute atomic E-state index is 0.0147. The van der Waals surface area contributed by atoms with Crippen LogP contribution >= 0.6 is 0 Å². The van der Waals surface area contributed by atoms with Crippen LogP contribution in [0.3, 0.4) is 0 Å². The van der Waals surface area contributed by atoms with Crippen molar-refractivity contribution in [2.24, 2.45) is 0 Å². The molecule has 1 aromatic heterocycles. The molecular weight excluding hydrogens is 256 g/mol. The standard InChI is InChI=1S/C9H14N2O3.3C2H6/c1-7-9(8(2)13)10-5-11(7)6-14-4-3-12;3*1-2/h5,12-13H,1,3-4,6H2,2H3;3*1-2H3/b9-8-;;;. The molecule has 20 heavy (non-hydrogen) atoms. The number of ether oxygens (including phenoxy) is 1. The Hall–Kier alpha value is -1.33. The second-order valence-electron chi connectivity index (χ2n) is 2.86. The molecule has 120 valence electrons. The number of nitrogens with zero attached hydrogens (tertiary/aromatic N) is 2. The monoisotopic (exact) mass is 288 g/mol. The first-order valence-electron chi connectivity index (χ1n) is 7.25. The van der Waals surface area contributed by atoms with Crippen LogP contribution in [0.2, 0.25) is 0 Å². The molecule has 0 bridgehead atoms. The lowest BCUT2D eigenvalue weighted by molar-refractivity contribution is 0.0469. The van der Waals surface area contributed by atoms with E-state index in [1.54, 1.807) is 11.5 Å². The van der Waals surface area contributed by atoms with Crippen molar-refractivity contribution < 1.29 is 14.9 Å². The van der Waals surface area contributed by atoms with Crippen LogP contribution in [0.4, 0.5) is 0 Å². The van der Waals surface area contributed by atoms with Crippen molar-refractivity contribution in [2.75, 3.05) is 13.2 Å². The van der Waals surface area contributed by atoms with Crippen molar-refractivity contribution in [3.63, 3.8) is 0 Å². The van der Waals surface area contributed by atoms with Crippen LogP contribution in [0.1, 0.15) is 48.5 Å². The molecule has 0 saturated carbocycles. The lowest BCUT2D eigenvalue weighted by atomic mass is 10.5. The second-order valence-corrected chi connectivity index (χ2v) is 2.86. The molecule has 0 aliphatic carbocycles. The van der Waals surface area contributed by atoms with Crippen molar-refractivity contribution in [1.29, 1.82) is 0 Å². The SMILES string of the molecule is C=c1/c(=C(\C)O)ncn1COCCO.CC.CC.CC. The first kappa shape index (κ1) is 23.7. The Morgan fingerprint density at radius 2 is 1.75 bits per heavy atom. The average molecular weight is 288 g/mol. The van der Waals surface area contributed by atoms with Gasteiger partial charge in [-0.15, -0.1) is 0 Å². The molecule has 1 aromatic rings. The van der Waals surface area contributed by atoms with E-state index in [4.69, 9.17) is 9.84 Å². The van der Waals surface area contributed by atoms with E-state index in [0.717, 1.165) is 0 Å². The minimum atomic E-state index is -0.0147. The van der Waals surface area contributed by atoms with Crippen molar-refractivity contribution in [1.82, 2.24) is 9.55 Å². The normalized spacial score (nSPS) is 10.0. The molecule has 0 radical (unpaired) electrons. The summed E-state index contributed by atoms with van der Waals surface area (Å²) in [4.78, 5) is 3.96. The highest BCUT2D eigenvalue weighted by molar-refractivity contribution is 5.27. The summed E-state index contributed by atoms with van der Waals surface area (Å²) in [7, 11) is 0. The third-order valence-electron chi connectivity index (χ3n) is 1.75. The highest BCUT2D eigenvalue weighted by Crippen LogP contribution is 1.81. The molecule has 0 fully saturated rings. The zero-order valence-corrected chi connectivity index (χ0v) is 14.1. The molecule has 0 aliphatic heterocycles. The molecule has 5 nitrogen and oxygen atoms in total. The molecule has 1 heterocycles. The summed E-state index contributed by atoms with van der Waals surface area (Å²) >= 11 is 0. The Morgan fingerprint density at radius 1 is 1.25 bits per heavy atom. The quantitative estimate of drug-likeness (QED) is 0.832. The van der Waals surface area contributed by atoms with E-state index in [-0.39, 0.29) is 25.7 Å². The predicted molar refractivity (Wildman–Crippen MR) is 85.8 cm³/mol. The van der Waals surface area contributed by atoms with Crippen molar-refractivity contribution in [3.8, 4) is 0 Å². The van der Waals surface area contributed by atoms with Crippen molar-refractivity contribution in [3.05, 3.63) is 17.0 Å².